The molecule has 2 heterocycles. The summed E-state index contributed by atoms with van der Waals surface area (Å²) in [6.45, 7) is 2.15. The Morgan fingerprint density at radius 2 is 1.24 bits per heavy atom. The van der Waals surface area contributed by atoms with Gasteiger partial charge >= 0.3 is 0 Å². The molecule has 5 aromatic carbocycles. The van der Waals surface area contributed by atoms with Crippen LogP contribution in [0.3, 0.4) is 0 Å². The van der Waals surface area contributed by atoms with Gasteiger partial charge < -0.3 is 4.42 Å². The number of fused-ring (bicyclic) bond motifs is 7. The van der Waals surface area contributed by atoms with Crippen molar-refractivity contribution in [2.75, 3.05) is 0 Å². The minimum absolute atomic E-state index is 0.962. The van der Waals surface area contributed by atoms with Crippen molar-refractivity contribution < 1.29 is 4.42 Å². The van der Waals surface area contributed by atoms with Crippen LogP contribution in [-0.4, -0.2) is 8.07 Å². The molecule has 0 amide bonds. The summed E-state index contributed by atoms with van der Waals surface area (Å²) < 4.78 is 6.71. The third-order valence-corrected chi connectivity index (χ3v) is 12.1. The summed E-state index contributed by atoms with van der Waals surface area (Å²) in [6, 6.07) is 42.3. The monoisotopic (exact) mass is 438 g/mol. The molecule has 0 radical (unpaired) electrons. The predicted molar refractivity (Wildman–Crippen MR) is 141 cm³/mol. The van der Waals surface area contributed by atoms with Crippen molar-refractivity contribution in [2.24, 2.45) is 0 Å². The van der Waals surface area contributed by atoms with Crippen molar-refractivity contribution in [1.29, 1.82) is 0 Å². The lowest BCUT2D eigenvalue weighted by molar-refractivity contribution is 0.671. The highest BCUT2D eigenvalue weighted by molar-refractivity contribution is 7.23. The van der Waals surface area contributed by atoms with Crippen molar-refractivity contribution in [3.05, 3.63) is 121 Å². The minimum atomic E-state index is -2.56. The van der Waals surface area contributed by atoms with E-state index in [1.54, 1.807) is 0 Å². The molecule has 1 aliphatic rings. The third kappa shape index (κ3) is 2.41. The molecule has 0 spiro atoms. The maximum atomic E-state index is 6.71. The summed E-state index contributed by atoms with van der Waals surface area (Å²) in [6.07, 6.45) is 0. The Kier molecular flexibility index (Phi) is 3.85. The van der Waals surface area contributed by atoms with Gasteiger partial charge in [-0.15, -0.1) is 0 Å². The van der Waals surface area contributed by atoms with Gasteiger partial charge in [0.15, 0.2) is 8.07 Å². The van der Waals surface area contributed by atoms with Crippen LogP contribution in [0.25, 0.3) is 33.1 Å². The zero-order valence-corrected chi connectivity index (χ0v) is 19.4. The molecule has 7 rings (SSSR count). The molecule has 6 aromatic rings. The van der Waals surface area contributed by atoms with E-state index < -0.39 is 8.07 Å². The summed E-state index contributed by atoms with van der Waals surface area (Å²) in [7, 11) is -2.56. The van der Waals surface area contributed by atoms with Crippen LogP contribution in [0.5, 0.6) is 0 Å². The lowest BCUT2D eigenvalue weighted by atomic mass is 10.0. The highest BCUT2D eigenvalue weighted by Gasteiger charge is 2.50. The third-order valence-electron chi connectivity index (χ3n) is 7.20. The summed E-state index contributed by atoms with van der Waals surface area (Å²) in [4.78, 5) is 0. The fourth-order valence-corrected chi connectivity index (χ4v) is 11.2. The van der Waals surface area contributed by atoms with Crippen LogP contribution in [0, 0.1) is 6.92 Å². The molecule has 0 atom stereocenters. The Morgan fingerprint density at radius 3 is 1.97 bits per heavy atom. The fraction of sp³-hybridized carbons (Fsp3) is 0.0323. The van der Waals surface area contributed by atoms with E-state index in [9.17, 15) is 0 Å². The largest absolute Gasteiger partial charge is 0.456 e. The number of aryl methyl sites for hydroxylation is 1. The quantitative estimate of drug-likeness (QED) is 0.336. The van der Waals surface area contributed by atoms with Crippen LogP contribution >= 0.6 is 0 Å². The maximum Gasteiger partial charge on any atom is 0.185 e. The molecule has 2 heteroatoms. The van der Waals surface area contributed by atoms with E-state index in [1.165, 1.54) is 48.2 Å². The highest BCUT2D eigenvalue weighted by Crippen LogP contribution is 2.36. The first-order valence-electron chi connectivity index (χ1n) is 11.5. The standard InChI is InChI=1S/C31H22OSi/c1-21-16-19-28-27(20-21)25-17-18-26-24-14-8-9-15-29(24)33(31(26)30(25)32-28,22-10-4-2-5-11-22)23-12-6-3-7-13-23/h2-20H,1H3. The van der Waals surface area contributed by atoms with Crippen molar-refractivity contribution in [2.45, 2.75) is 6.92 Å². The van der Waals surface area contributed by atoms with E-state index in [2.05, 4.69) is 122 Å². The van der Waals surface area contributed by atoms with Gasteiger partial charge in [0.2, 0.25) is 0 Å². The van der Waals surface area contributed by atoms with Crippen LogP contribution in [0.15, 0.2) is 120 Å². The molecular weight excluding hydrogens is 416 g/mol. The van der Waals surface area contributed by atoms with Crippen molar-refractivity contribution in [3.8, 4) is 11.1 Å². The second kappa shape index (κ2) is 6.81. The first kappa shape index (κ1) is 18.7. The van der Waals surface area contributed by atoms with Crippen LogP contribution in [0.2, 0.25) is 0 Å². The smallest absolute Gasteiger partial charge is 0.185 e. The number of rotatable bonds is 2. The molecule has 0 saturated carbocycles. The normalized spacial score (nSPS) is 13.8. The number of benzene rings is 5. The van der Waals surface area contributed by atoms with Crippen LogP contribution in [0.4, 0.5) is 0 Å². The Labute approximate surface area is 194 Å². The molecule has 0 fully saturated rings. The zero-order valence-electron chi connectivity index (χ0n) is 18.4. The van der Waals surface area contributed by atoms with E-state index in [0.717, 1.165) is 11.2 Å². The molecule has 1 nitrogen and oxygen atoms in total. The second-order valence-corrected chi connectivity index (χ2v) is 12.7. The molecule has 0 saturated heterocycles. The molecule has 0 N–H and O–H groups in total. The molecule has 0 unspecified atom stereocenters. The lowest BCUT2D eigenvalue weighted by Gasteiger charge is -2.31. The molecule has 1 aromatic heterocycles. The van der Waals surface area contributed by atoms with Crippen LogP contribution in [-0.2, 0) is 0 Å². The maximum absolute atomic E-state index is 6.71. The highest BCUT2D eigenvalue weighted by atomic mass is 28.3. The van der Waals surface area contributed by atoms with Gasteiger partial charge in [-0.05, 0) is 51.8 Å². The summed E-state index contributed by atoms with van der Waals surface area (Å²) in [5.41, 5.74) is 5.91. The van der Waals surface area contributed by atoms with Crippen LogP contribution in [0.1, 0.15) is 5.56 Å². The minimum Gasteiger partial charge on any atom is -0.456 e. The summed E-state index contributed by atoms with van der Waals surface area (Å²) in [5.74, 6) is 0. The van der Waals surface area contributed by atoms with Gasteiger partial charge in [-0.1, -0.05) is 103 Å². The summed E-state index contributed by atoms with van der Waals surface area (Å²) in [5, 5.41) is 8.03. The zero-order chi connectivity index (χ0) is 22.0. The van der Waals surface area contributed by atoms with Crippen molar-refractivity contribution >= 4 is 50.8 Å². The molecule has 0 bridgehead atoms. The van der Waals surface area contributed by atoms with Gasteiger partial charge in [0, 0.05) is 16.0 Å². The van der Waals surface area contributed by atoms with E-state index in [1.807, 2.05) is 0 Å². The van der Waals surface area contributed by atoms with Crippen LogP contribution < -0.4 is 20.7 Å². The topological polar surface area (TPSA) is 13.1 Å². The number of hydrogen-bond acceptors (Lipinski definition) is 1. The SMILES string of the molecule is Cc1ccc2oc3c4c(ccc3c2c1)-c1ccccc1[Si]4(c1ccccc1)c1ccccc1. The fourth-order valence-electron chi connectivity index (χ4n) is 5.87. The molecule has 1 aliphatic heterocycles. The Hall–Kier alpha value is -3.88. The van der Waals surface area contributed by atoms with Gasteiger partial charge in [-0.3, -0.25) is 0 Å². The Morgan fingerprint density at radius 1 is 0.576 bits per heavy atom. The first-order valence-corrected chi connectivity index (χ1v) is 13.5. The van der Waals surface area contributed by atoms with E-state index in [4.69, 9.17) is 4.42 Å². The summed E-state index contributed by atoms with van der Waals surface area (Å²) >= 11 is 0. The molecule has 0 aliphatic carbocycles. The van der Waals surface area contributed by atoms with E-state index in [-0.39, 0.29) is 0 Å². The molecule has 156 valence electrons. The Bertz CT molecular complexity index is 1620. The molecule has 33 heavy (non-hydrogen) atoms. The predicted octanol–water partition coefficient (Wildman–Crippen LogP) is 5.25. The van der Waals surface area contributed by atoms with Gasteiger partial charge in [-0.25, -0.2) is 0 Å². The first-order chi connectivity index (χ1) is 16.3. The van der Waals surface area contributed by atoms with Gasteiger partial charge in [-0.2, -0.15) is 0 Å². The average Bonchev–Trinajstić information content (AvgIpc) is 3.39. The van der Waals surface area contributed by atoms with Crippen molar-refractivity contribution in [1.82, 2.24) is 0 Å². The average molecular weight is 439 g/mol. The van der Waals surface area contributed by atoms with Gasteiger partial charge in [0.05, 0.1) is 0 Å². The van der Waals surface area contributed by atoms with Gasteiger partial charge in [0.25, 0.3) is 0 Å². The van der Waals surface area contributed by atoms with Crippen molar-refractivity contribution in [3.63, 3.8) is 0 Å². The second-order valence-electron chi connectivity index (χ2n) is 8.99. The number of hydrogen-bond donors (Lipinski definition) is 0. The van der Waals surface area contributed by atoms with E-state index in [0.29, 0.717) is 0 Å². The number of furan rings is 1. The van der Waals surface area contributed by atoms with E-state index >= 15 is 0 Å². The Balaban J connectivity index is 1.73. The van der Waals surface area contributed by atoms with Gasteiger partial charge in [0.1, 0.15) is 11.2 Å². The lowest BCUT2D eigenvalue weighted by Crippen LogP contribution is -2.72. The molecular formula is C31H22OSi.